The van der Waals surface area contributed by atoms with Crippen molar-refractivity contribution in [1.29, 1.82) is 0 Å². The number of phosphoric acid groups is 1. The van der Waals surface area contributed by atoms with Crippen LogP contribution in [0.1, 0.15) is 110 Å². The molecule has 3 N–H and O–H groups in total. The van der Waals surface area contributed by atoms with Gasteiger partial charge >= 0.3 is 7.82 Å². The number of rotatable bonds is 25. The van der Waals surface area contributed by atoms with Gasteiger partial charge < -0.3 is 19.6 Å². The number of quaternary nitrogens is 1. The van der Waals surface area contributed by atoms with E-state index in [0.717, 1.165) is 19.3 Å². The fraction of sp³-hybridized carbons (Fsp3) is 0.962. The van der Waals surface area contributed by atoms with Crippen LogP contribution in [0.4, 0.5) is 0 Å². The summed E-state index contributed by atoms with van der Waals surface area (Å²) in [4.78, 5) is 22.7. The van der Waals surface area contributed by atoms with Gasteiger partial charge in [0.05, 0.1) is 34.4 Å². The Bertz CT molecular complexity index is 568. The van der Waals surface area contributed by atoms with Crippen LogP contribution in [0, 0.1) is 0 Å². The molecule has 0 aliphatic carbocycles. The maximum absolute atomic E-state index is 12.7. The van der Waals surface area contributed by atoms with Crippen LogP contribution < -0.4 is 0 Å². The number of ketones is 1. The minimum absolute atomic E-state index is 0.215. The number of unbranched alkanes of at least 4 members (excludes halogenated alkanes) is 14. The second-order valence-corrected chi connectivity index (χ2v) is 12.2. The second kappa shape index (κ2) is 20.7. The van der Waals surface area contributed by atoms with E-state index >= 15 is 0 Å². The van der Waals surface area contributed by atoms with Crippen molar-refractivity contribution in [2.75, 3.05) is 40.9 Å². The maximum atomic E-state index is 12.7. The Labute approximate surface area is 214 Å². The van der Waals surface area contributed by atoms with Crippen LogP contribution >= 0.6 is 7.82 Å². The summed E-state index contributed by atoms with van der Waals surface area (Å²) in [7, 11) is 1.08. The molecule has 210 valence electrons. The summed E-state index contributed by atoms with van der Waals surface area (Å²) in [6.07, 6.45) is 16.6. The highest BCUT2D eigenvalue weighted by Crippen LogP contribution is 2.45. The smallest absolute Gasteiger partial charge is 0.394 e. The van der Waals surface area contributed by atoms with Crippen LogP contribution in [0.5, 0.6) is 0 Å². The van der Waals surface area contributed by atoms with Crippen LogP contribution in [0.15, 0.2) is 0 Å². The number of carbonyl (C=O) groups is 1. The number of hydrogen-bond donors (Lipinski definition) is 3. The van der Waals surface area contributed by atoms with E-state index in [4.69, 9.17) is 14.2 Å². The number of hydrogen-bond acceptors (Lipinski definition) is 6. The highest BCUT2D eigenvalue weighted by Gasteiger charge is 2.34. The Morgan fingerprint density at radius 1 is 0.829 bits per heavy atom. The van der Waals surface area contributed by atoms with Gasteiger partial charge in [0.1, 0.15) is 12.6 Å². The lowest BCUT2D eigenvalue weighted by Crippen LogP contribution is -2.45. The molecule has 35 heavy (non-hydrogen) atoms. The Morgan fingerprint density at radius 3 is 1.66 bits per heavy atom. The standard InChI is InChI=1S/C26H54NO7P/c1-5-6-7-8-9-10-11-12-13-14-15-16-17-18-19-20-25(30)26(21-27(2,3)4)34-35(31,32)33-23-24(29)22-28/h24,26,28-29H,5-23H2,1-4H3/p+1/t24-,26?/m1/s1. The first kappa shape index (κ1) is 34.7. The highest BCUT2D eigenvalue weighted by atomic mass is 31.2. The van der Waals surface area contributed by atoms with E-state index < -0.39 is 33.2 Å². The first-order valence-electron chi connectivity index (χ1n) is 13.8. The van der Waals surface area contributed by atoms with Crippen molar-refractivity contribution < 1.29 is 38.0 Å². The highest BCUT2D eigenvalue weighted by molar-refractivity contribution is 7.47. The predicted octanol–water partition coefficient (Wildman–Crippen LogP) is 5.38. The van der Waals surface area contributed by atoms with Crippen LogP contribution in [-0.2, 0) is 18.4 Å². The zero-order valence-electron chi connectivity index (χ0n) is 23.0. The molecule has 0 rings (SSSR count). The van der Waals surface area contributed by atoms with Crippen molar-refractivity contribution >= 4 is 13.6 Å². The molecule has 3 atom stereocenters. The van der Waals surface area contributed by atoms with Crippen LogP contribution in [0.2, 0.25) is 0 Å². The molecule has 8 nitrogen and oxygen atoms in total. The van der Waals surface area contributed by atoms with Crippen molar-refractivity contribution in [3.05, 3.63) is 0 Å². The monoisotopic (exact) mass is 524 g/mol. The van der Waals surface area contributed by atoms with Crippen molar-refractivity contribution in [2.45, 2.75) is 122 Å². The third kappa shape index (κ3) is 22.6. The van der Waals surface area contributed by atoms with Crippen LogP contribution in [0.25, 0.3) is 0 Å². The Hall–Kier alpha value is -0.340. The molecule has 0 aliphatic rings. The van der Waals surface area contributed by atoms with Gasteiger partial charge in [-0.1, -0.05) is 96.8 Å². The molecule has 9 heteroatoms. The predicted molar refractivity (Wildman–Crippen MR) is 141 cm³/mol. The molecule has 0 aliphatic heterocycles. The van der Waals surface area contributed by atoms with E-state index in [9.17, 15) is 19.4 Å². The fourth-order valence-electron chi connectivity index (χ4n) is 3.95. The van der Waals surface area contributed by atoms with Crippen LogP contribution in [-0.4, -0.2) is 78.5 Å². The minimum Gasteiger partial charge on any atom is -0.394 e. The summed E-state index contributed by atoms with van der Waals surface area (Å²) >= 11 is 0. The molecule has 0 radical (unpaired) electrons. The molecule has 0 heterocycles. The van der Waals surface area contributed by atoms with Gasteiger partial charge in [0, 0.05) is 6.42 Å². The summed E-state index contributed by atoms with van der Waals surface area (Å²) < 4.78 is 22.5. The normalized spacial score (nSPS) is 15.6. The SMILES string of the molecule is CCCCCCCCCCCCCCCCCC(=O)C(C[N+](C)(C)C)OP(=O)(O)OC[C@H](O)CO. The van der Waals surface area contributed by atoms with Gasteiger partial charge in [0.2, 0.25) is 0 Å². The molecule has 2 unspecified atom stereocenters. The molecule has 0 aromatic rings. The summed E-state index contributed by atoms with van der Waals surface area (Å²) in [6.45, 7) is 1.34. The Kier molecular flexibility index (Phi) is 20.5. The summed E-state index contributed by atoms with van der Waals surface area (Å²) in [5, 5.41) is 18.1. The van der Waals surface area contributed by atoms with E-state index in [-0.39, 0.29) is 12.3 Å². The van der Waals surface area contributed by atoms with Gasteiger partial charge in [-0.05, 0) is 6.42 Å². The number of likely N-dealkylation sites (N-methyl/N-ethyl adjacent to an activating group) is 1. The molecule has 0 aromatic carbocycles. The Balaban J connectivity index is 4.05. The largest absolute Gasteiger partial charge is 0.473 e. The number of nitrogens with zero attached hydrogens (tertiary/aromatic N) is 1. The van der Waals surface area contributed by atoms with E-state index in [1.165, 1.54) is 77.0 Å². The lowest BCUT2D eigenvalue weighted by atomic mass is 10.0. The molecule has 0 amide bonds. The molecule has 0 fully saturated rings. The van der Waals surface area contributed by atoms with E-state index in [1.54, 1.807) is 0 Å². The lowest BCUT2D eigenvalue weighted by molar-refractivity contribution is -0.872. The number of aliphatic hydroxyl groups excluding tert-OH is 2. The van der Waals surface area contributed by atoms with E-state index in [0.29, 0.717) is 10.9 Å². The lowest BCUT2D eigenvalue weighted by Gasteiger charge is -2.29. The van der Waals surface area contributed by atoms with E-state index in [1.807, 2.05) is 21.1 Å². The molecule has 0 bridgehead atoms. The zero-order valence-corrected chi connectivity index (χ0v) is 23.9. The summed E-state index contributed by atoms with van der Waals surface area (Å²) in [5.74, 6) is -0.215. The molecule has 0 saturated heterocycles. The number of Topliss-reactive ketones (excluding diaryl/α,β-unsaturated/α-hetero) is 1. The number of aliphatic hydroxyl groups is 2. The molecule has 0 saturated carbocycles. The maximum Gasteiger partial charge on any atom is 0.473 e. The van der Waals surface area contributed by atoms with Gasteiger partial charge in [0.25, 0.3) is 0 Å². The average Bonchev–Trinajstić information content (AvgIpc) is 2.78. The van der Waals surface area contributed by atoms with Crippen molar-refractivity contribution in [3.8, 4) is 0 Å². The van der Waals surface area contributed by atoms with Gasteiger partial charge in [0.15, 0.2) is 11.9 Å². The Morgan fingerprint density at radius 2 is 1.26 bits per heavy atom. The second-order valence-electron chi connectivity index (χ2n) is 10.8. The topological polar surface area (TPSA) is 113 Å². The quantitative estimate of drug-likeness (QED) is 0.0835. The fourth-order valence-corrected chi connectivity index (χ4v) is 4.87. The number of phosphoric ester groups is 1. The van der Waals surface area contributed by atoms with Gasteiger partial charge in [-0.3, -0.25) is 13.8 Å². The molecule has 0 aromatic heterocycles. The zero-order chi connectivity index (χ0) is 26.6. The summed E-state index contributed by atoms with van der Waals surface area (Å²) in [6, 6.07) is 0. The third-order valence-electron chi connectivity index (χ3n) is 6.00. The minimum atomic E-state index is -4.53. The first-order chi connectivity index (χ1) is 16.5. The molecule has 0 spiro atoms. The van der Waals surface area contributed by atoms with Crippen molar-refractivity contribution in [3.63, 3.8) is 0 Å². The van der Waals surface area contributed by atoms with Crippen molar-refractivity contribution in [1.82, 2.24) is 0 Å². The number of carbonyl (C=O) groups excluding carboxylic acids is 1. The third-order valence-corrected chi connectivity index (χ3v) is 7.00. The summed E-state index contributed by atoms with van der Waals surface area (Å²) in [5.41, 5.74) is 0. The van der Waals surface area contributed by atoms with Gasteiger partial charge in [-0.15, -0.1) is 0 Å². The van der Waals surface area contributed by atoms with Crippen molar-refractivity contribution in [2.24, 2.45) is 0 Å². The van der Waals surface area contributed by atoms with E-state index in [2.05, 4.69) is 6.92 Å². The average molecular weight is 525 g/mol. The van der Waals surface area contributed by atoms with Crippen LogP contribution in [0.3, 0.4) is 0 Å². The van der Waals surface area contributed by atoms with Gasteiger partial charge in [-0.25, -0.2) is 4.57 Å². The molecular formula is C26H55NO7P+. The molecular weight excluding hydrogens is 469 g/mol. The first-order valence-corrected chi connectivity index (χ1v) is 15.3. The van der Waals surface area contributed by atoms with Gasteiger partial charge in [-0.2, -0.15) is 0 Å².